The number of hydrogen-bond donors (Lipinski definition) is 2. The summed E-state index contributed by atoms with van der Waals surface area (Å²) in [7, 11) is 0. The van der Waals surface area contributed by atoms with Gasteiger partial charge in [-0.1, -0.05) is 43.7 Å². The van der Waals surface area contributed by atoms with Crippen LogP contribution in [0.25, 0.3) is 0 Å². The van der Waals surface area contributed by atoms with Crippen LogP contribution in [0.1, 0.15) is 50.8 Å². The van der Waals surface area contributed by atoms with E-state index in [-0.39, 0.29) is 24.8 Å². The summed E-state index contributed by atoms with van der Waals surface area (Å²) in [5.74, 6) is -1.00. The third-order valence-electron chi connectivity index (χ3n) is 3.19. The number of rotatable bonds is 6. The molecule has 1 aromatic rings. The van der Waals surface area contributed by atoms with Gasteiger partial charge in [0.05, 0.1) is 12.5 Å². The number of aryl methyl sites for hydroxylation is 1. The fraction of sp³-hybridized carbons (Fsp3) is 0.500. The van der Waals surface area contributed by atoms with Crippen molar-refractivity contribution < 1.29 is 14.7 Å². The summed E-state index contributed by atoms with van der Waals surface area (Å²) in [6, 6.07) is 7.90. The van der Waals surface area contributed by atoms with Crippen LogP contribution in [-0.2, 0) is 9.59 Å². The minimum Gasteiger partial charge on any atom is -0.481 e. The lowest BCUT2D eigenvalue weighted by molar-refractivity contribution is -0.139. The van der Waals surface area contributed by atoms with Gasteiger partial charge in [0.25, 0.3) is 0 Å². The van der Waals surface area contributed by atoms with Gasteiger partial charge >= 0.3 is 5.97 Å². The maximum absolute atomic E-state index is 12.0. The van der Waals surface area contributed by atoms with Crippen molar-refractivity contribution in [3.63, 3.8) is 0 Å². The van der Waals surface area contributed by atoms with Crippen LogP contribution in [0, 0.1) is 12.3 Å². The van der Waals surface area contributed by atoms with Gasteiger partial charge in [0.2, 0.25) is 5.91 Å². The van der Waals surface area contributed by atoms with Crippen molar-refractivity contribution in [1.29, 1.82) is 0 Å². The van der Waals surface area contributed by atoms with E-state index in [1.165, 1.54) is 0 Å². The summed E-state index contributed by atoms with van der Waals surface area (Å²) in [6.07, 6.45) is 0.189. The molecule has 1 amide bonds. The smallest absolute Gasteiger partial charge is 0.303 e. The van der Waals surface area contributed by atoms with Gasteiger partial charge in [-0.05, 0) is 24.8 Å². The second kappa shape index (κ2) is 6.55. The van der Waals surface area contributed by atoms with E-state index in [4.69, 9.17) is 5.11 Å². The number of carbonyl (C=O) groups excluding carboxylic acids is 1. The molecule has 0 unspecified atom stereocenters. The lowest BCUT2D eigenvalue weighted by Crippen LogP contribution is -2.31. The summed E-state index contributed by atoms with van der Waals surface area (Å²) in [4.78, 5) is 22.8. The first kappa shape index (κ1) is 16.2. The minimum atomic E-state index is -0.880. The van der Waals surface area contributed by atoms with Crippen LogP contribution < -0.4 is 5.32 Å². The molecule has 110 valence electrons. The molecule has 1 aromatic carbocycles. The highest BCUT2D eigenvalue weighted by Crippen LogP contribution is 2.25. The molecule has 4 heteroatoms. The van der Waals surface area contributed by atoms with E-state index < -0.39 is 11.4 Å². The Morgan fingerprint density at radius 1 is 1.30 bits per heavy atom. The lowest BCUT2D eigenvalue weighted by Gasteiger charge is -2.23. The molecule has 0 spiro atoms. The molecule has 0 bridgehead atoms. The molecule has 1 atom stereocenters. The standard InChI is InChI=1S/C16H23NO3/c1-11-6-5-7-13(8-11)12(2)17-14(18)9-16(3,4)10-15(19)20/h5-8,12H,9-10H2,1-4H3,(H,17,18)(H,19,20)/t12-/m0/s1. The van der Waals surface area contributed by atoms with Crippen molar-refractivity contribution in [2.45, 2.75) is 46.6 Å². The zero-order valence-corrected chi connectivity index (χ0v) is 12.6. The van der Waals surface area contributed by atoms with E-state index in [1.54, 1.807) is 13.8 Å². The van der Waals surface area contributed by atoms with Crippen LogP contribution in [-0.4, -0.2) is 17.0 Å². The molecule has 2 N–H and O–H groups in total. The molecule has 20 heavy (non-hydrogen) atoms. The Labute approximate surface area is 120 Å². The van der Waals surface area contributed by atoms with Crippen LogP contribution in [0.4, 0.5) is 0 Å². The van der Waals surface area contributed by atoms with Crippen LogP contribution in [0.2, 0.25) is 0 Å². The van der Waals surface area contributed by atoms with Crippen LogP contribution >= 0.6 is 0 Å². The number of nitrogens with one attached hydrogen (secondary N) is 1. The average Bonchev–Trinajstić information content (AvgIpc) is 2.25. The van der Waals surface area contributed by atoms with Crippen LogP contribution in [0.15, 0.2) is 24.3 Å². The average molecular weight is 277 g/mol. The molecule has 0 aliphatic rings. The third kappa shape index (κ3) is 5.43. The molecule has 0 radical (unpaired) electrons. The highest BCUT2D eigenvalue weighted by molar-refractivity contribution is 5.78. The number of aliphatic carboxylic acids is 1. The molecule has 0 saturated heterocycles. The maximum atomic E-state index is 12.0. The molecular formula is C16H23NO3. The molecular weight excluding hydrogens is 254 g/mol. The SMILES string of the molecule is Cc1cccc([C@H](C)NC(=O)CC(C)(C)CC(=O)O)c1. The molecule has 0 saturated carbocycles. The molecule has 0 aliphatic heterocycles. The van der Waals surface area contributed by atoms with Gasteiger partial charge in [0.1, 0.15) is 0 Å². The second-order valence-corrected chi connectivity index (χ2v) is 6.11. The number of carboxylic acids is 1. The fourth-order valence-electron chi connectivity index (χ4n) is 2.22. The Balaban J connectivity index is 2.60. The van der Waals surface area contributed by atoms with Gasteiger partial charge in [-0.3, -0.25) is 9.59 Å². The number of benzene rings is 1. The molecule has 0 aromatic heterocycles. The molecule has 0 heterocycles. The normalized spacial score (nSPS) is 12.8. The minimum absolute atomic E-state index is 0.0146. The van der Waals surface area contributed by atoms with E-state index in [1.807, 2.05) is 38.1 Å². The predicted octanol–water partition coefficient (Wildman–Crippen LogP) is 3.06. The van der Waals surface area contributed by atoms with Crippen molar-refractivity contribution in [1.82, 2.24) is 5.32 Å². The Morgan fingerprint density at radius 3 is 2.50 bits per heavy atom. The fourth-order valence-corrected chi connectivity index (χ4v) is 2.22. The van der Waals surface area contributed by atoms with Crippen LogP contribution in [0.5, 0.6) is 0 Å². The predicted molar refractivity (Wildman–Crippen MR) is 78.4 cm³/mol. The van der Waals surface area contributed by atoms with Gasteiger partial charge in [-0.15, -0.1) is 0 Å². The van der Waals surface area contributed by atoms with E-state index in [0.29, 0.717) is 0 Å². The lowest BCUT2D eigenvalue weighted by atomic mass is 9.85. The number of hydrogen-bond acceptors (Lipinski definition) is 2. The van der Waals surface area contributed by atoms with E-state index in [0.717, 1.165) is 11.1 Å². The Hall–Kier alpha value is -1.84. The second-order valence-electron chi connectivity index (χ2n) is 6.11. The quantitative estimate of drug-likeness (QED) is 0.839. The number of carbonyl (C=O) groups is 2. The molecule has 1 rings (SSSR count). The van der Waals surface area contributed by atoms with E-state index in [2.05, 4.69) is 5.32 Å². The first-order valence-electron chi connectivity index (χ1n) is 6.77. The monoisotopic (exact) mass is 277 g/mol. The molecule has 0 aliphatic carbocycles. The topological polar surface area (TPSA) is 66.4 Å². The zero-order chi connectivity index (χ0) is 15.3. The summed E-state index contributed by atoms with van der Waals surface area (Å²) in [5, 5.41) is 11.7. The highest BCUT2D eigenvalue weighted by atomic mass is 16.4. The maximum Gasteiger partial charge on any atom is 0.303 e. The van der Waals surface area contributed by atoms with Crippen molar-refractivity contribution in [2.75, 3.05) is 0 Å². The molecule has 0 fully saturated rings. The third-order valence-corrected chi connectivity index (χ3v) is 3.19. The highest BCUT2D eigenvalue weighted by Gasteiger charge is 2.25. The van der Waals surface area contributed by atoms with Gasteiger partial charge in [-0.25, -0.2) is 0 Å². The van der Waals surface area contributed by atoms with Crippen molar-refractivity contribution >= 4 is 11.9 Å². The summed E-state index contributed by atoms with van der Waals surface area (Å²) < 4.78 is 0. The summed E-state index contributed by atoms with van der Waals surface area (Å²) in [6.45, 7) is 7.51. The van der Waals surface area contributed by atoms with Gasteiger partial charge in [0, 0.05) is 6.42 Å². The summed E-state index contributed by atoms with van der Waals surface area (Å²) >= 11 is 0. The van der Waals surface area contributed by atoms with Crippen molar-refractivity contribution in [3.05, 3.63) is 35.4 Å². The van der Waals surface area contributed by atoms with E-state index >= 15 is 0 Å². The number of amides is 1. The van der Waals surface area contributed by atoms with Gasteiger partial charge in [0.15, 0.2) is 0 Å². The van der Waals surface area contributed by atoms with E-state index in [9.17, 15) is 9.59 Å². The van der Waals surface area contributed by atoms with Gasteiger partial charge in [-0.2, -0.15) is 0 Å². The Bertz CT molecular complexity index is 494. The Kier molecular flexibility index (Phi) is 5.31. The molecule has 4 nitrogen and oxygen atoms in total. The zero-order valence-electron chi connectivity index (χ0n) is 12.6. The number of carboxylic acid groups (broad SMARTS) is 1. The summed E-state index contributed by atoms with van der Waals surface area (Å²) in [5.41, 5.74) is 1.66. The van der Waals surface area contributed by atoms with Crippen molar-refractivity contribution in [3.8, 4) is 0 Å². The van der Waals surface area contributed by atoms with Crippen LogP contribution in [0.3, 0.4) is 0 Å². The van der Waals surface area contributed by atoms with Crippen molar-refractivity contribution in [2.24, 2.45) is 5.41 Å². The first-order valence-corrected chi connectivity index (χ1v) is 6.77. The largest absolute Gasteiger partial charge is 0.481 e. The van der Waals surface area contributed by atoms with Gasteiger partial charge < -0.3 is 10.4 Å². The Morgan fingerprint density at radius 2 is 1.95 bits per heavy atom. The first-order chi connectivity index (χ1) is 9.19.